The summed E-state index contributed by atoms with van der Waals surface area (Å²) >= 11 is 0. The van der Waals surface area contributed by atoms with E-state index in [1.54, 1.807) is 12.1 Å². The Balaban J connectivity index is 1.53. The summed E-state index contributed by atoms with van der Waals surface area (Å²) in [5.41, 5.74) is 0.440. The monoisotopic (exact) mass is 419 g/mol. The van der Waals surface area contributed by atoms with Gasteiger partial charge in [-0.3, -0.25) is 4.79 Å². The van der Waals surface area contributed by atoms with Crippen LogP contribution in [0.2, 0.25) is 0 Å². The van der Waals surface area contributed by atoms with Gasteiger partial charge in [-0.05, 0) is 49.8 Å². The highest BCUT2D eigenvalue weighted by atomic mass is 32.2. The van der Waals surface area contributed by atoms with Crippen LogP contribution in [0.25, 0.3) is 0 Å². The fourth-order valence-corrected chi connectivity index (χ4v) is 5.71. The van der Waals surface area contributed by atoms with E-state index in [1.807, 2.05) is 12.1 Å². The maximum absolute atomic E-state index is 12.9. The summed E-state index contributed by atoms with van der Waals surface area (Å²) in [5.74, 6) is -0.119. The number of nitrogens with one attached hydrogen (secondary N) is 2. The summed E-state index contributed by atoms with van der Waals surface area (Å²) in [6.07, 6.45) is 5.34. The fourth-order valence-electron chi connectivity index (χ4n) is 4.27. The third kappa shape index (κ3) is 5.16. The number of amides is 1. The van der Waals surface area contributed by atoms with Crippen LogP contribution >= 0.6 is 0 Å². The SMILES string of the molecule is CCCc1ccc(S(=O)(=O)N2CC[NH+](CC(=O)NC3(C#N)CCCC3)CC2)cc1. The number of carbonyl (C=O) groups excluding carboxylic acids is 1. The first-order valence-electron chi connectivity index (χ1n) is 10.5. The average molecular weight is 420 g/mol. The van der Waals surface area contributed by atoms with Crippen molar-refractivity contribution in [2.24, 2.45) is 0 Å². The Kier molecular flexibility index (Phi) is 6.93. The number of nitriles is 1. The smallest absolute Gasteiger partial charge is 0.276 e. The molecule has 1 saturated heterocycles. The highest BCUT2D eigenvalue weighted by molar-refractivity contribution is 7.89. The maximum Gasteiger partial charge on any atom is 0.276 e. The summed E-state index contributed by atoms with van der Waals surface area (Å²) in [6.45, 7) is 4.33. The van der Waals surface area contributed by atoms with Gasteiger partial charge in [0.15, 0.2) is 6.54 Å². The highest BCUT2D eigenvalue weighted by Gasteiger charge is 2.37. The van der Waals surface area contributed by atoms with Gasteiger partial charge in [-0.25, -0.2) is 8.42 Å². The summed E-state index contributed by atoms with van der Waals surface area (Å²) in [4.78, 5) is 13.8. The molecule has 1 aliphatic heterocycles. The number of rotatable bonds is 7. The van der Waals surface area contributed by atoms with E-state index in [9.17, 15) is 18.5 Å². The zero-order valence-corrected chi connectivity index (χ0v) is 17.9. The van der Waals surface area contributed by atoms with E-state index < -0.39 is 15.6 Å². The van der Waals surface area contributed by atoms with Crippen LogP contribution in [-0.2, 0) is 21.2 Å². The Morgan fingerprint density at radius 1 is 1.21 bits per heavy atom. The molecule has 2 N–H and O–H groups in total. The second-order valence-corrected chi connectivity index (χ2v) is 10.1. The number of piperazine rings is 1. The van der Waals surface area contributed by atoms with E-state index in [2.05, 4.69) is 18.3 Å². The lowest BCUT2D eigenvalue weighted by atomic mass is 10.00. The molecule has 3 rings (SSSR count). The molecule has 1 aromatic rings. The van der Waals surface area contributed by atoms with E-state index in [1.165, 1.54) is 4.31 Å². The predicted molar refractivity (Wildman–Crippen MR) is 110 cm³/mol. The molecule has 29 heavy (non-hydrogen) atoms. The van der Waals surface area contributed by atoms with Crippen molar-refractivity contribution in [2.45, 2.75) is 55.9 Å². The third-order valence-electron chi connectivity index (χ3n) is 5.99. The summed E-state index contributed by atoms with van der Waals surface area (Å²) in [7, 11) is -3.50. The minimum Gasteiger partial charge on any atom is -0.333 e. The lowest BCUT2D eigenvalue weighted by molar-refractivity contribution is -0.895. The number of nitrogens with zero attached hydrogens (tertiary/aromatic N) is 2. The van der Waals surface area contributed by atoms with Crippen molar-refractivity contribution in [3.8, 4) is 6.07 Å². The molecule has 1 aliphatic carbocycles. The fraction of sp³-hybridized carbons (Fsp3) is 0.619. The summed E-state index contributed by atoms with van der Waals surface area (Å²) < 4.78 is 27.3. The van der Waals surface area contributed by atoms with Crippen molar-refractivity contribution in [1.29, 1.82) is 5.26 Å². The second kappa shape index (κ2) is 9.24. The minimum atomic E-state index is -3.50. The number of sulfonamides is 1. The molecule has 1 heterocycles. The van der Waals surface area contributed by atoms with Crippen molar-refractivity contribution < 1.29 is 18.1 Å². The maximum atomic E-state index is 12.9. The van der Waals surface area contributed by atoms with Gasteiger partial charge in [-0.2, -0.15) is 9.57 Å². The molecule has 8 heteroatoms. The average Bonchev–Trinajstić information content (AvgIpc) is 3.18. The first-order chi connectivity index (χ1) is 13.9. The summed E-state index contributed by atoms with van der Waals surface area (Å²) in [6, 6.07) is 9.42. The second-order valence-electron chi connectivity index (χ2n) is 8.17. The Morgan fingerprint density at radius 2 is 1.83 bits per heavy atom. The normalized spacial score (nSPS) is 20.3. The van der Waals surface area contributed by atoms with E-state index in [-0.39, 0.29) is 12.5 Å². The topological polar surface area (TPSA) is 94.7 Å². The standard InChI is InChI=1S/C21H30N4O3S/c1-2-5-18-6-8-19(9-7-18)29(27,28)25-14-12-24(13-15-25)16-20(26)23-21(17-22)10-3-4-11-21/h6-9H,2-5,10-16H2,1H3,(H,23,26)/p+1. The van der Waals surface area contributed by atoms with E-state index >= 15 is 0 Å². The molecule has 0 radical (unpaired) electrons. The zero-order chi connectivity index (χ0) is 20.9. The minimum absolute atomic E-state index is 0.119. The Bertz CT molecular complexity index is 847. The molecule has 0 bridgehead atoms. The van der Waals surface area contributed by atoms with Gasteiger partial charge in [-0.15, -0.1) is 0 Å². The van der Waals surface area contributed by atoms with Crippen LogP contribution in [-0.4, -0.2) is 56.9 Å². The van der Waals surface area contributed by atoms with Crippen LogP contribution in [0.5, 0.6) is 0 Å². The molecule has 0 spiro atoms. The van der Waals surface area contributed by atoms with E-state index in [4.69, 9.17) is 0 Å². The molecule has 1 saturated carbocycles. The highest BCUT2D eigenvalue weighted by Crippen LogP contribution is 2.28. The Labute approximate surface area is 173 Å². The van der Waals surface area contributed by atoms with Crippen molar-refractivity contribution in [1.82, 2.24) is 9.62 Å². The number of quaternary nitrogens is 1. The van der Waals surface area contributed by atoms with Crippen LogP contribution in [0.1, 0.15) is 44.6 Å². The number of aryl methyl sites for hydroxylation is 1. The van der Waals surface area contributed by atoms with Crippen LogP contribution in [0.15, 0.2) is 29.2 Å². The summed E-state index contributed by atoms with van der Waals surface area (Å²) in [5, 5.41) is 12.3. The molecule has 2 aliphatic rings. The Morgan fingerprint density at radius 3 is 2.38 bits per heavy atom. The van der Waals surface area contributed by atoms with Crippen molar-refractivity contribution in [2.75, 3.05) is 32.7 Å². The molecule has 158 valence electrons. The van der Waals surface area contributed by atoms with E-state index in [0.29, 0.717) is 43.9 Å². The van der Waals surface area contributed by atoms with Gasteiger partial charge in [0.05, 0.1) is 37.1 Å². The van der Waals surface area contributed by atoms with Crippen LogP contribution in [0.4, 0.5) is 0 Å². The molecule has 7 nitrogen and oxygen atoms in total. The van der Waals surface area contributed by atoms with Gasteiger partial charge < -0.3 is 10.2 Å². The first-order valence-corrected chi connectivity index (χ1v) is 12.0. The number of hydrogen-bond donors (Lipinski definition) is 2. The predicted octanol–water partition coefficient (Wildman–Crippen LogP) is 0.481. The van der Waals surface area contributed by atoms with Crippen LogP contribution in [0.3, 0.4) is 0 Å². The van der Waals surface area contributed by atoms with Crippen molar-refractivity contribution in [3.63, 3.8) is 0 Å². The number of carbonyl (C=O) groups is 1. The Hall–Kier alpha value is -1.95. The van der Waals surface area contributed by atoms with Crippen molar-refractivity contribution >= 4 is 15.9 Å². The molecular weight excluding hydrogens is 388 g/mol. The van der Waals surface area contributed by atoms with Crippen molar-refractivity contribution in [3.05, 3.63) is 29.8 Å². The lowest BCUT2D eigenvalue weighted by Gasteiger charge is -2.32. The molecular formula is C21H31N4O3S+. The zero-order valence-electron chi connectivity index (χ0n) is 17.1. The van der Waals surface area contributed by atoms with E-state index in [0.717, 1.165) is 36.1 Å². The van der Waals surface area contributed by atoms with Gasteiger partial charge in [0, 0.05) is 0 Å². The van der Waals surface area contributed by atoms with Gasteiger partial charge in [0.2, 0.25) is 10.0 Å². The molecule has 0 unspecified atom stereocenters. The quantitative estimate of drug-likeness (QED) is 0.672. The molecule has 1 amide bonds. The van der Waals surface area contributed by atoms with Gasteiger partial charge in [0.1, 0.15) is 5.54 Å². The molecule has 2 fully saturated rings. The molecule has 0 atom stereocenters. The number of hydrogen-bond acceptors (Lipinski definition) is 4. The number of benzene rings is 1. The van der Waals surface area contributed by atoms with Crippen LogP contribution < -0.4 is 10.2 Å². The molecule has 0 aromatic heterocycles. The van der Waals surface area contributed by atoms with Gasteiger partial charge in [-0.1, -0.05) is 25.5 Å². The van der Waals surface area contributed by atoms with Gasteiger partial charge >= 0.3 is 0 Å². The van der Waals surface area contributed by atoms with Gasteiger partial charge in [0.25, 0.3) is 5.91 Å². The third-order valence-corrected chi connectivity index (χ3v) is 7.90. The lowest BCUT2D eigenvalue weighted by Crippen LogP contribution is -3.16. The first kappa shape index (κ1) is 21.8. The molecule has 1 aromatic carbocycles. The largest absolute Gasteiger partial charge is 0.333 e. The van der Waals surface area contributed by atoms with Crippen LogP contribution in [0, 0.1) is 11.3 Å².